The summed E-state index contributed by atoms with van der Waals surface area (Å²) in [6.45, 7) is 8.36. The van der Waals surface area contributed by atoms with E-state index < -0.39 is 16.1 Å². The summed E-state index contributed by atoms with van der Waals surface area (Å²) in [7, 11) is -3.54. The highest BCUT2D eigenvalue weighted by Crippen LogP contribution is 2.24. The average molecular weight is 557 g/mol. The van der Waals surface area contributed by atoms with E-state index in [9.17, 15) is 18.0 Å². The Kier molecular flexibility index (Phi) is 11.1. The first kappa shape index (κ1) is 29.9. The van der Waals surface area contributed by atoms with Gasteiger partial charge in [-0.3, -0.25) is 13.9 Å². The Labute approximate surface area is 224 Å². The summed E-state index contributed by atoms with van der Waals surface area (Å²) in [5.74, 6) is -0.246. The van der Waals surface area contributed by atoms with Gasteiger partial charge in [-0.05, 0) is 61.6 Å². The first-order valence-electron chi connectivity index (χ1n) is 11.8. The van der Waals surface area contributed by atoms with Crippen molar-refractivity contribution in [2.24, 2.45) is 5.92 Å². The van der Waals surface area contributed by atoms with Crippen LogP contribution in [0.2, 0.25) is 10.0 Å². The SMILES string of the molecule is Cc1cccc(N(CCCC(=O)N(Cc2ccc(Cl)c(Cl)c2)C(C)C(=O)NCC(C)C)S(C)(=O)=O)c1. The van der Waals surface area contributed by atoms with Crippen LogP contribution in [-0.2, 0) is 26.2 Å². The van der Waals surface area contributed by atoms with E-state index in [2.05, 4.69) is 5.32 Å². The molecule has 1 unspecified atom stereocenters. The van der Waals surface area contributed by atoms with Crippen molar-refractivity contribution in [1.82, 2.24) is 10.2 Å². The maximum atomic E-state index is 13.3. The lowest BCUT2D eigenvalue weighted by molar-refractivity contribution is -0.140. The molecule has 0 fully saturated rings. The Morgan fingerprint density at radius 2 is 1.72 bits per heavy atom. The van der Waals surface area contributed by atoms with Gasteiger partial charge >= 0.3 is 0 Å². The van der Waals surface area contributed by atoms with Crippen LogP contribution in [0.25, 0.3) is 0 Å². The van der Waals surface area contributed by atoms with Crippen molar-refractivity contribution in [3.05, 3.63) is 63.6 Å². The summed E-state index contributed by atoms with van der Waals surface area (Å²) in [6.07, 6.45) is 1.51. The van der Waals surface area contributed by atoms with Gasteiger partial charge in [0.15, 0.2) is 0 Å². The number of aryl methyl sites for hydroxylation is 1. The predicted molar refractivity (Wildman–Crippen MR) is 147 cm³/mol. The molecule has 1 N–H and O–H groups in total. The predicted octanol–water partition coefficient (Wildman–Crippen LogP) is 5.04. The van der Waals surface area contributed by atoms with E-state index in [1.807, 2.05) is 26.8 Å². The number of benzene rings is 2. The highest BCUT2D eigenvalue weighted by molar-refractivity contribution is 7.92. The van der Waals surface area contributed by atoms with Crippen molar-refractivity contribution in [3.8, 4) is 0 Å². The van der Waals surface area contributed by atoms with Gasteiger partial charge in [-0.25, -0.2) is 8.42 Å². The van der Waals surface area contributed by atoms with Crippen LogP contribution in [0.15, 0.2) is 42.5 Å². The summed E-state index contributed by atoms with van der Waals surface area (Å²) in [6, 6.07) is 11.6. The maximum absolute atomic E-state index is 13.3. The van der Waals surface area contributed by atoms with Crippen LogP contribution in [-0.4, -0.2) is 50.5 Å². The lowest BCUT2D eigenvalue weighted by atomic mass is 10.1. The largest absolute Gasteiger partial charge is 0.354 e. The summed E-state index contributed by atoms with van der Waals surface area (Å²) in [5.41, 5.74) is 2.23. The van der Waals surface area contributed by atoms with Crippen molar-refractivity contribution < 1.29 is 18.0 Å². The minimum atomic E-state index is -3.54. The van der Waals surface area contributed by atoms with E-state index in [-0.39, 0.29) is 43.7 Å². The number of hydrogen-bond acceptors (Lipinski definition) is 4. The molecule has 0 saturated carbocycles. The van der Waals surface area contributed by atoms with E-state index in [0.717, 1.165) is 17.4 Å². The number of carbonyl (C=O) groups is 2. The fourth-order valence-electron chi connectivity index (χ4n) is 3.66. The molecule has 10 heteroatoms. The van der Waals surface area contributed by atoms with Crippen molar-refractivity contribution in [3.63, 3.8) is 0 Å². The van der Waals surface area contributed by atoms with E-state index in [1.165, 1.54) is 9.21 Å². The quantitative estimate of drug-likeness (QED) is 0.397. The molecule has 0 aliphatic carbocycles. The highest BCUT2D eigenvalue weighted by Gasteiger charge is 2.27. The topological polar surface area (TPSA) is 86.8 Å². The minimum Gasteiger partial charge on any atom is -0.354 e. The van der Waals surface area contributed by atoms with Gasteiger partial charge in [0, 0.05) is 26.1 Å². The lowest BCUT2D eigenvalue weighted by Gasteiger charge is -2.30. The lowest BCUT2D eigenvalue weighted by Crippen LogP contribution is -2.48. The number of amides is 2. The van der Waals surface area contributed by atoms with E-state index in [1.54, 1.807) is 43.3 Å². The van der Waals surface area contributed by atoms with Crippen LogP contribution >= 0.6 is 23.2 Å². The van der Waals surface area contributed by atoms with Crippen LogP contribution in [0.1, 0.15) is 44.7 Å². The number of nitrogens with one attached hydrogen (secondary N) is 1. The van der Waals surface area contributed by atoms with Crippen LogP contribution < -0.4 is 9.62 Å². The van der Waals surface area contributed by atoms with E-state index >= 15 is 0 Å². The van der Waals surface area contributed by atoms with Gasteiger partial charge in [-0.2, -0.15) is 0 Å². The van der Waals surface area contributed by atoms with E-state index in [4.69, 9.17) is 23.2 Å². The van der Waals surface area contributed by atoms with Crippen molar-refractivity contribution in [1.29, 1.82) is 0 Å². The Balaban J connectivity index is 2.19. The van der Waals surface area contributed by atoms with Crippen LogP contribution in [0.4, 0.5) is 5.69 Å². The molecule has 1 atom stereocenters. The molecule has 2 amide bonds. The molecule has 0 spiro atoms. The molecule has 0 aliphatic rings. The van der Waals surface area contributed by atoms with Crippen molar-refractivity contribution in [2.75, 3.05) is 23.7 Å². The van der Waals surface area contributed by atoms with Crippen LogP contribution in [0, 0.1) is 12.8 Å². The normalized spacial score (nSPS) is 12.3. The zero-order chi connectivity index (χ0) is 27.0. The first-order valence-corrected chi connectivity index (χ1v) is 14.5. The third-order valence-electron chi connectivity index (χ3n) is 5.63. The number of halogens is 2. The molecule has 0 saturated heterocycles. The molecule has 198 valence electrons. The standard InChI is InChI=1S/C26H35Cl2N3O4S/c1-18(2)16-29-26(33)20(4)30(17-21-11-12-23(27)24(28)15-21)25(32)10-7-13-31(36(5,34)35)22-9-6-8-19(3)14-22/h6,8-9,11-12,14-15,18,20H,7,10,13,16-17H2,1-5H3,(H,29,33). The second kappa shape index (κ2) is 13.3. The fraction of sp³-hybridized carbons (Fsp3) is 0.462. The molecule has 2 aromatic rings. The molecule has 0 bridgehead atoms. The summed E-state index contributed by atoms with van der Waals surface area (Å²) < 4.78 is 26.2. The van der Waals surface area contributed by atoms with Gasteiger partial charge in [0.2, 0.25) is 21.8 Å². The molecular formula is C26H35Cl2N3O4S. The smallest absolute Gasteiger partial charge is 0.242 e. The molecule has 0 radical (unpaired) electrons. The van der Waals surface area contributed by atoms with Gasteiger partial charge in [0.25, 0.3) is 0 Å². The average Bonchev–Trinajstić information content (AvgIpc) is 2.79. The molecule has 0 aliphatic heterocycles. The zero-order valence-corrected chi connectivity index (χ0v) is 23.8. The molecule has 36 heavy (non-hydrogen) atoms. The second-order valence-corrected chi connectivity index (χ2v) is 12.1. The highest BCUT2D eigenvalue weighted by atomic mass is 35.5. The number of anilines is 1. The number of sulfonamides is 1. The van der Waals surface area contributed by atoms with Crippen LogP contribution in [0.3, 0.4) is 0 Å². The molecule has 2 rings (SSSR count). The molecule has 2 aromatic carbocycles. The van der Waals surface area contributed by atoms with Crippen LogP contribution in [0.5, 0.6) is 0 Å². The number of rotatable bonds is 12. The number of nitrogens with zero attached hydrogens (tertiary/aromatic N) is 2. The molecular weight excluding hydrogens is 521 g/mol. The minimum absolute atomic E-state index is 0.0704. The number of hydrogen-bond donors (Lipinski definition) is 1. The Bertz CT molecular complexity index is 1170. The third-order valence-corrected chi connectivity index (χ3v) is 7.56. The van der Waals surface area contributed by atoms with Crippen molar-refractivity contribution in [2.45, 2.75) is 53.1 Å². The van der Waals surface area contributed by atoms with Gasteiger partial charge in [0.1, 0.15) is 6.04 Å². The fourth-order valence-corrected chi connectivity index (χ4v) is 4.93. The molecule has 7 nitrogen and oxygen atoms in total. The molecule has 0 aromatic heterocycles. The maximum Gasteiger partial charge on any atom is 0.242 e. The summed E-state index contributed by atoms with van der Waals surface area (Å²) in [5, 5.41) is 3.64. The summed E-state index contributed by atoms with van der Waals surface area (Å²) in [4.78, 5) is 27.6. The van der Waals surface area contributed by atoms with Gasteiger partial charge in [0.05, 0.1) is 22.0 Å². The third kappa shape index (κ3) is 8.98. The van der Waals surface area contributed by atoms with Gasteiger partial charge < -0.3 is 10.2 Å². The second-order valence-electron chi connectivity index (χ2n) is 9.36. The van der Waals surface area contributed by atoms with Gasteiger partial charge in [-0.15, -0.1) is 0 Å². The zero-order valence-electron chi connectivity index (χ0n) is 21.4. The summed E-state index contributed by atoms with van der Waals surface area (Å²) >= 11 is 12.2. The monoisotopic (exact) mass is 555 g/mol. The first-order chi connectivity index (χ1) is 16.8. The van der Waals surface area contributed by atoms with Crippen molar-refractivity contribution >= 4 is 50.7 Å². The Hall–Kier alpha value is -2.29. The van der Waals surface area contributed by atoms with E-state index in [0.29, 0.717) is 22.3 Å². The number of carbonyl (C=O) groups excluding carboxylic acids is 2. The Morgan fingerprint density at radius 3 is 2.31 bits per heavy atom. The van der Waals surface area contributed by atoms with Gasteiger partial charge in [-0.1, -0.05) is 55.2 Å². The molecule has 0 heterocycles. The Morgan fingerprint density at radius 1 is 1.03 bits per heavy atom.